The maximum Gasteiger partial charge on any atom is 0.246 e. The maximum absolute atomic E-state index is 12.5. The number of rotatable bonds is 3. The Morgan fingerprint density at radius 1 is 1.54 bits per heavy atom. The lowest BCUT2D eigenvalue weighted by molar-refractivity contribution is 0.00100. The molecule has 1 rings (SSSR count). The largest absolute Gasteiger partial charge is 0.327 e. The summed E-state index contributed by atoms with van der Waals surface area (Å²) < 4.78 is 25.0. The minimum absolute atomic E-state index is 0.0558. The first-order valence-corrected chi connectivity index (χ1v) is 4.83. The Balaban J connectivity index is 2.21. The third-order valence-electron chi connectivity index (χ3n) is 2.41. The van der Waals surface area contributed by atoms with Gasteiger partial charge in [-0.25, -0.2) is 8.78 Å². The molecule has 0 aromatic carbocycles. The van der Waals surface area contributed by atoms with Gasteiger partial charge in [0.25, 0.3) is 0 Å². The van der Waals surface area contributed by atoms with Gasteiger partial charge in [0.1, 0.15) is 0 Å². The molecule has 0 radical (unpaired) electrons. The van der Waals surface area contributed by atoms with Gasteiger partial charge in [0.05, 0.1) is 0 Å². The van der Waals surface area contributed by atoms with Gasteiger partial charge >= 0.3 is 0 Å². The van der Waals surface area contributed by atoms with Crippen LogP contribution in [0.5, 0.6) is 0 Å². The van der Waals surface area contributed by atoms with Crippen LogP contribution >= 0.6 is 0 Å². The van der Waals surface area contributed by atoms with Crippen molar-refractivity contribution in [2.75, 3.05) is 19.6 Å². The van der Waals surface area contributed by atoms with E-state index in [0.717, 1.165) is 32.9 Å². The molecule has 2 N–H and O–H groups in total. The highest BCUT2D eigenvalue weighted by Crippen LogP contribution is 2.18. The van der Waals surface area contributed by atoms with Gasteiger partial charge in [-0.3, -0.25) is 0 Å². The van der Waals surface area contributed by atoms with E-state index in [0.29, 0.717) is 6.54 Å². The van der Waals surface area contributed by atoms with Gasteiger partial charge in [0.15, 0.2) is 0 Å². The molecule has 4 heteroatoms. The molecule has 1 saturated heterocycles. The van der Waals surface area contributed by atoms with E-state index in [2.05, 4.69) is 0 Å². The van der Waals surface area contributed by atoms with E-state index >= 15 is 0 Å². The number of hydrogen-bond donors (Lipinski definition) is 1. The molecule has 1 heterocycles. The van der Waals surface area contributed by atoms with Crippen molar-refractivity contribution in [1.82, 2.24) is 4.90 Å². The highest BCUT2D eigenvalue weighted by molar-refractivity contribution is 4.75. The summed E-state index contributed by atoms with van der Waals surface area (Å²) in [5, 5.41) is 0. The molecular formula is C9H18F2N2. The van der Waals surface area contributed by atoms with Crippen molar-refractivity contribution in [3.8, 4) is 0 Å². The first-order valence-electron chi connectivity index (χ1n) is 4.83. The first-order chi connectivity index (χ1) is 5.97. The fourth-order valence-corrected chi connectivity index (χ4v) is 1.65. The minimum Gasteiger partial charge on any atom is -0.327 e. The molecule has 0 amide bonds. The lowest BCUT2D eigenvalue weighted by Gasteiger charge is -2.31. The summed E-state index contributed by atoms with van der Waals surface area (Å²) in [6, 6.07) is 0.180. The van der Waals surface area contributed by atoms with E-state index in [9.17, 15) is 8.78 Å². The fraction of sp³-hybridized carbons (Fsp3) is 1.00. The summed E-state index contributed by atoms with van der Waals surface area (Å²) in [6.45, 7) is 3.13. The van der Waals surface area contributed by atoms with Crippen LogP contribution in [0.2, 0.25) is 0 Å². The Labute approximate surface area is 78.1 Å². The number of likely N-dealkylation sites (tertiary alicyclic amines) is 1. The molecule has 1 unspecified atom stereocenters. The normalized spacial score (nSPS) is 26.3. The molecule has 2 nitrogen and oxygen atoms in total. The summed E-state index contributed by atoms with van der Waals surface area (Å²) in [4.78, 5) is 2.03. The Kier molecular flexibility index (Phi) is 3.62. The topological polar surface area (TPSA) is 29.3 Å². The second-order valence-electron chi connectivity index (χ2n) is 4.02. The minimum atomic E-state index is -2.54. The Morgan fingerprint density at radius 2 is 2.23 bits per heavy atom. The average Bonchev–Trinajstić information content (AvgIpc) is 2.00. The zero-order valence-electron chi connectivity index (χ0n) is 8.10. The molecule has 0 aromatic heterocycles. The second-order valence-corrected chi connectivity index (χ2v) is 4.02. The molecule has 13 heavy (non-hydrogen) atoms. The number of halogens is 2. The number of nitrogens with two attached hydrogens (primary N) is 1. The zero-order chi connectivity index (χ0) is 9.90. The molecule has 78 valence electrons. The summed E-state index contributed by atoms with van der Waals surface area (Å²) in [5.74, 6) is -2.54. The van der Waals surface area contributed by atoms with Crippen molar-refractivity contribution in [2.45, 2.75) is 38.2 Å². The van der Waals surface area contributed by atoms with Crippen LogP contribution < -0.4 is 5.73 Å². The highest BCUT2D eigenvalue weighted by atomic mass is 19.3. The van der Waals surface area contributed by atoms with Crippen LogP contribution in [0.4, 0.5) is 8.78 Å². The summed E-state index contributed by atoms with van der Waals surface area (Å²) in [6.07, 6.45) is 2.01. The number of hydrogen-bond acceptors (Lipinski definition) is 2. The molecular weight excluding hydrogens is 174 g/mol. The van der Waals surface area contributed by atoms with Gasteiger partial charge in [-0.15, -0.1) is 0 Å². The van der Waals surface area contributed by atoms with Crippen LogP contribution in [0.1, 0.15) is 26.2 Å². The number of nitrogens with zero attached hydrogens (tertiary/aromatic N) is 1. The molecule has 1 aliphatic heterocycles. The van der Waals surface area contributed by atoms with Crippen molar-refractivity contribution in [3.05, 3.63) is 0 Å². The van der Waals surface area contributed by atoms with E-state index in [1.165, 1.54) is 0 Å². The van der Waals surface area contributed by atoms with Crippen molar-refractivity contribution in [1.29, 1.82) is 0 Å². The van der Waals surface area contributed by atoms with Gasteiger partial charge in [0.2, 0.25) is 5.92 Å². The molecule has 0 spiro atoms. The van der Waals surface area contributed by atoms with E-state index < -0.39 is 5.92 Å². The number of piperidine rings is 1. The lowest BCUT2D eigenvalue weighted by atomic mass is 10.1. The van der Waals surface area contributed by atoms with Crippen molar-refractivity contribution in [3.63, 3.8) is 0 Å². The molecule has 0 aliphatic carbocycles. The van der Waals surface area contributed by atoms with Crippen molar-refractivity contribution in [2.24, 2.45) is 5.73 Å². The van der Waals surface area contributed by atoms with Crippen LogP contribution in [0.15, 0.2) is 0 Å². The number of alkyl halides is 2. The monoisotopic (exact) mass is 192 g/mol. The second kappa shape index (κ2) is 4.33. The van der Waals surface area contributed by atoms with Crippen LogP contribution in [0.25, 0.3) is 0 Å². The SMILES string of the molecule is CC(F)(F)CCN1CCCC(N)C1. The zero-order valence-corrected chi connectivity index (χ0v) is 8.10. The molecule has 1 aliphatic rings. The van der Waals surface area contributed by atoms with Crippen molar-refractivity contribution < 1.29 is 8.78 Å². The van der Waals surface area contributed by atoms with E-state index in [1.54, 1.807) is 0 Å². The van der Waals surface area contributed by atoms with E-state index in [-0.39, 0.29) is 12.5 Å². The highest BCUT2D eigenvalue weighted by Gasteiger charge is 2.24. The van der Waals surface area contributed by atoms with Gasteiger partial charge in [-0.1, -0.05) is 0 Å². The predicted molar refractivity (Wildman–Crippen MR) is 48.9 cm³/mol. The molecule has 1 atom stereocenters. The summed E-state index contributed by atoms with van der Waals surface area (Å²) in [7, 11) is 0. The van der Waals surface area contributed by atoms with Crippen molar-refractivity contribution >= 4 is 0 Å². The lowest BCUT2D eigenvalue weighted by Crippen LogP contribution is -2.43. The Hall–Kier alpha value is -0.220. The van der Waals surface area contributed by atoms with Gasteiger partial charge in [-0.2, -0.15) is 0 Å². The molecule has 0 saturated carbocycles. The quantitative estimate of drug-likeness (QED) is 0.733. The molecule has 0 bridgehead atoms. The van der Waals surface area contributed by atoms with E-state index in [4.69, 9.17) is 5.73 Å². The van der Waals surface area contributed by atoms with Crippen LogP contribution in [0, 0.1) is 0 Å². The van der Waals surface area contributed by atoms with Gasteiger partial charge in [0, 0.05) is 25.6 Å². The molecule has 0 aromatic rings. The average molecular weight is 192 g/mol. The maximum atomic E-state index is 12.5. The van der Waals surface area contributed by atoms with Crippen LogP contribution in [0.3, 0.4) is 0 Å². The van der Waals surface area contributed by atoms with Crippen LogP contribution in [-0.2, 0) is 0 Å². The smallest absolute Gasteiger partial charge is 0.246 e. The van der Waals surface area contributed by atoms with Gasteiger partial charge in [-0.05, 0) is 26.3 Å². The third-order valence-corrected chi connectivity index (χ3v) is 2.41. The fourth-order valence-electron chi connectivity index (χ4n) is 1.65. The van der Waals surface area contributed by atoms with E-state index in [1.807, 2.05) is 4.90 Å². The standard InChI is InChI=1S/C9H18F2N2/c1-9(10,11)4-6-13-5-2-3-8(12)7-13/h8H,2-7,12H2,1H3. The Morgan fingerprint density at radius 3 is 2.77 bits per heavy atom. The summed E-state index contributed by atoms with van der Waals surface area (Å²) in [5.41, 5.74) is 5.74. The van der Waals surface area contributed by atoms with Gasteiger partial charge < -0.3 is 10.6 Å². The predicted octanol–water partition coefficient (Wildman–Crippen LogP) is 1.45. The summed E-state index contributed by atoms with van der Waals surface area (Å²) >= 11 is 0. The molecule has 1 fully saturated rings. The van der Waals surface area contributed by atoms with Crippen LogP contribution in [-0.4, -0.2) is 36.5 Å². The first kappa shape index (κ1) is 10.9. The third kappa shape index (κ3) is 4.52. The Bertz CT molecular complexity index is 156.